The van der Waals surface area contributed by atoms with Crippen LogP contribution in [0, 0.1) is 23.7 Å². The number of hydrogen-bond acceptors (Lipinski definition) is 7. The topological polar surface area (TPSA) is 163 Å². The fraction of sp³-hybridized carbons (Fsp3) is 0.806. The van der Waals surface area contributed by atoms with Gasteiger partial charge < -0.3 is 26.6 Å². The summed E-state index contributed by atoms with van der Waals surface area (Å²) in [4.78, 5) is 77.2. The predicted octanol–water partition coefficient (Wildman–Crippen LogP) is 2.57. The molecule has 0 fully saturated rings. The van der Waals surface area contributed by atoms with Crippen molar-refractivity contribution in [3.05, 3.63) is 0 Å². The van der Waals surface area contributed by atoms with Crippen LogP contribution < -0.4 is 26.6 Å². The predicted molar refractivity (Wildman–Crippen MR) is 172 cm³/mol. The number of ketones is 1. The molecule has 43 heavy (non-hydrogen) atoms. The van der Waals surface area contributed by atoms with Crippen LogP contribution >= 0.6 is 11.8 Å². The Bertz CT molecular complexity index is 915. The number of Topliss-reactive ketones (excluding diaryl/α,β-unsaturated/α-hetero) is 1. The number of amides is 5. The van der Waals surface area contributed by atoms with Gasteiger partial charge in [-0.05, 0) is 48.5 Å². The lowest BCUT2D eigenvalue weighted by molar-refractivity contribution is -0.136. The van der Waals surface area contributed by atoms with Crippen LogP contribution in [-0.2, 0) is 28.8 Å². The summed E-state index contributed by atoms with van der Waals surface area (Å²) in [7, 11) is 0. The molecular formula is C31H57N5O6S. The van der Waals surface area contributed by atoms with Crippen molar-refractivity contribution in [1.82, 2.24) is 26.6 Å². The van der Waals surface area contributed by atoms with Crippen LogP contribution in [-0.4, -0.2) is 78.0 Å². The number of hydrogen-bond donors (Lipinski definition) is 5. The van der Waals surface area contributed by atoms with Gasteiger partial charge in [-0.25, -0.2) is 0 Å². The van der Waals surface area contributed by atoms with E-state index in [0.29, 0.717) is 37.8 Å². The van der Waals surface area contributed by atoms with Gasteiger partial charge in [0.2, 0.25) is 30.0 Å². The van der Waals surface area contributed by atoms with Gasteiger partial charge in [-0.2, -0.15) is 11.8 Å². The molecule has 7 unspecified atom stereocenters. The van der Waals surface area contributed by atoms with Gasteiger partial charge in [-0.15, -0.1) is 0 Å². The lowest BCUT2D eigenvalue weighted by Gasteiger charge is -2.31. The maximum absolute atomic E-state index is 13.6. The Hall–Kier alpha value is -2.63. The molecule has 0 saturated carbocycles. The van der Waals surface area contributed by atoms with Gasteiger partial charge in [-0.1, -0.05) is 75.2 Å². The van der Waals surface area contributed by atoms with Crippen molar-refractivity contribution in [3.63, 3.8) is 0 Å². The van der Waals surface area contributed by atoms with E-state index in [2.05, 4.69) is 26.6 Å². The Morgan fingerprint density at radius 2 is 1.14 bits per heavy atom. The van der Waals surface area contributed by atoms with Crippen LogP contribution in [0.5, 0.6) is 0 Å². The van der Waals surface area contributed by atoms with E-state index in [1.165, 1.54) is 11.8 Å². The molecule has 7 atom stereocenters. The zero-order valence-electron chi connectivity index (χ0n) is 27.9. The first-order valence-corrected chi connectivity index (χ1v) is 17.0. The van der Waals surface area contributed by atoms with Gasteiger partial charge in [0.05, 0.1) is 6.04 Å². The molecule has 0 aliphatic carbocycles. The van der Waals surface area contributed by atoms with Crippen molar-refractivity contribution in [2.75, 3.05) is 12.0 Å². The fourth-order valence-corrected chi connectivity index (χ4v) is 5.01. The molecule has 12 heteroatoms. The van der Waals surface area contributed by atoms with Crippen molar-refractivity contribution in [2.45, 2.75) is 125 Å². The van der Waals surface area contributed by atoms with Crippen LogP contribution in [0.3, 0.4) is 0 Å². The molecule has 5 N–H and O–H groups in total. The molecule has 0 aromatic heterocycles. The first-order valence-electron chi connectivity index (χ1n) is 15.6. The zero-order chi connectivity index (χ0) is 33.3. The van der Waals surface area contributed by atoms with Crippen molar-refractivity contribution >= 4 is 47.6 Å². The average Bonchev–Trinajstić information content (AvgIpc) is 2.96. The molecule has 0 rings (SSSR count). The monoisotopic (exact) mass is 627 g/mol. The molecule has 5 amide bonds. The smallest absolute Gasteiger partial charge is 0.243 e. The maximum atomic E-state index is 13.6. The van der Waals surface area contributed by atoms with Crippen molar-refractivity contribution in [2.24, 2.45) is 23.7 Å². The average molecular weight is 628 g/mol. The Morgan fingerprint density at radius 3 is 1.56 bits per heavy atom. The molecule has 0 heterocycles. The first-order chi connectivity index (χ1) is 20.2. The molecule has 0 aliphatic rings. The molecule has 248 valence electrons. The van der Waals surface area contributed by atoms with E-state index in [1.54, 1.807) is 20.8 Å². The standard InChI is InChI=1S/C31H57N5O6S/c1-11-20(8)26(30(41)33-23(16-18(4)5)24(38)13-3)36-29(40)25(19(6)7)34-31(42)27(21(9)12-2)35-28(39)22(32-17-37)14-15-43-10/h17-23,25-27H,11-16H2,1-10H3,(H,32,37)(H,33,41)(H,34,42)(H,35,39)(H,36,40). The maximum Gasteiger partial charge on any atom is 0.243 e. The summed E-state index contributed by atoms with van der Waals surface area (Å²) in [6, 6.07) is -4.27. The summed E-state index contributed by atoms with van der Waals surface area (Å²) in [6.45, 7) is 16.8. The zero-order valence-corrected chi connectivity index (χ0v) is 28.7. The molecule has 0 aromatic carbocycles. The van der Waals surface area contributed by atoms with Gasteiger partial charge in [0.15, 0.2) is 5.78 Å². The Kier molecular flexibility index (Phi) is 19.8. The second-order valence-corrected chi connectivity index (χ2v) is 13.1. The van der Waals surface area contributed by atoms with Gasteiger partial charge in [0.1, 0.15) is 24.2 Å². The van der Waals surface area contributed by atoms with Crippen molar-refractivity contribution in [1.29, 1.82) is 0 Å². The summed E-state index contributed by atoms with van der Waals surface area (Å²) >= 11 is 1.54. The minimum Gasteiger partial charge on any atom is -0.347 e. The molecule has 0 spiro atoms. The third-order valence-electron chi connectivity index (χ3n) is 7.79. The van der Waals surface area contributed by atoms with Gasteiger partial charge in [0.25, 0.3) is 0 Å². The number of rotatable bonds is 22. The minimum atomic E-state index is -0.987. The lowest BCUT2D eigenvalue weighted by Crippen LogP contribution is -2.61. The van der Waals surface area contributed by atoms with Crippen molar-refractivity contribution < 1.29 is 28.8 Å². The highest BCUT2D eigenvalue weighted by atomic mass is 32.2. The van der Waals surface area contributed by atoms with E-state index in [1.807, 2.05) is 47.8 Å². The second-order valence-electron chi connectivity index (χ2n) is 12.1. The number of nitrogens with one attached hydrogen (secondary N) is 5. The van der Waals surface area contributed by atoms with Crippen LogP contribution in [0.25, 0.3) is 0 Å². The Morgan fingerprint density at radius 1 is 0.674 bits per heavy atom. The van der Waals surface area contributed by atoms with E-state index in [9.17, 15) is 28.8 Å². The van der Waals surface area contributed by atoms with E-state index in [-0.39, 0.29) is 35.9 Å². The van der Waals surface area contributed by atoms with E-state index >= 15 is 0 Å². The Labute approximate surface area is 263 Å². The minimum absolute atomic E-state index is 0.0687. The van der Waals surface area contributed by atoms with E-state index in [4.69, 9.17) is 0 Å². The van der Waals surface area contributed by atoms with Gasteiger partial charge in [0, 0.05) is 6.42 Å². The molecule has 0 aliphatic heterocycles. The van der Waals surface area contributed by atoms with Crippen LogP contribution in [0.15, 0.2) is 0 Å². The summed E-state index contributed by atoms with van der Waals surface area (Å²) in [5, 5.41) is 13.8. The third kappa shape index (κ3) is 14.1. The number of carbonyl (C=O) groups excluding carboxylic acids is 6. The highest BCUT2D eigenvalue weighted by molar-refractivity contribution is 7.98. The van der Waals surface area contributed by atoms with Crippen LogP contribution in [0.4, 0.5) is 0 Å². The number of carbonyl (C=O) groups is 6. The summed E-state index contributed by atoms with van der Waals surface area (Å²) in [5.41, 5.74) is 0. The summed E-state index contributed by atoms with van der Waals surface area (Å²) in [6.07, 6.45) is 4.73. The van der Waals surface area contributed by atoms with E-state index < -0.39 is 53.8 Å². The lowest BCUT2D eigenvalue weighted by atomic mass is 9.94. The summed E-state index contributed by atoms with van der Waals surface area (Å²) in [5.74, 6) is -2.03. The molecule has 11 nitrogen and oxygen atoms in total. The second kappa shape index (κ2) is 21.1. The summed E-state index contributed by atoms with van der Waals surface area (Å²) < 4.78 is 0. The highest BCUT2D eigenvalue weighted by Gasteiger charge is 2.36. The number of thioether (sulfide) groups is 1. The van der Waals surface area contributed by atoms with Crippen LogP contribution in [0.1, 0.15) is 94.4 Å². The van der Waals surface area contributed by atoms with Crippen molar-refractivity contribution in [3.8, 4) is 0 Å². The normalized spacial score (nSPS) is 16.2. The Balaban J connectivity index is 5.96. The van der Waals surface area contributed by atoms with E-state index in [0.717, 1.165) is 0 Å². The first kappa shape index (κ1) is 40.4. The molecule has 0 bridgehead atoms. The molecule has 0 aromatic rings. The SMILES string of the molecule is CCC(=O)C(CC(C)C)NC(=O)C(NC(=O)C(NC(=O)C(NC(=O)C(CCSC)NC=O)C(C)CC)C(C)C)C(C)CC. The quantitative estimate of drug-likeness (QED) is 0.115. The van der Waals surface area contributed by atoms with Gasteiger partial charge >= 0.3 is 0 Å². The molecule has 0 saturated heterocycles. The molecule has 0 radical (unpaired) electrons. The highest BCUT2D eigenvalue weighted by Crippen LogP contribution is 2.15. The largest absolute Gasteiger partial charge is 0.347 e. The molecular weight excluding hydrogens is 570 g/mol. The van der Waals surface area contributed by atoms with Gasteiger partial charge in [-0.3, -0.25) is 28.8 Å². The fourth-order valence-electron chi connectivity index (χ4n) is 4.54. The van der Waals surface area contributed by atoms with Crippen LogP contribution in [0.2, 0.25) is 0 Å². The third-order valence-corrected chi connectivity index (χ3v) is 8.43.